The lowest BCUT2D eigenvalue weighted by Gasteiger charge is -2.36. The summed E-state index contributed by atoms with van der Waals surface area (Å²) in [7, 11) is 1.70. The highest BCUT2D eigenvalue weighted by atomic mass is 35.5. The summed E-state index contributed by atoms with van der Waals surface area (Å²) in [5.41, 5.74) is 2.35. The zero-order valence-corrected chi connectivity index (χ0v) is 13.4. The maximum Gasteiger partial charge on any atom is 0.123 e. The summed E-state index contributed by atoms with van der Waals surface area (Å²) in [6.45, 7) is 3.70. The summed E-state index contributed by atoms with van der Waals surface area (Å²) in [6.07, 6.45) is 3.75. The van der Waals surface area contributed by atoms with E-state index in [0.29, 0.717) is 6.04 Å². The summed E-state index contributed by atoms with van der Waals surface area (Å²) in [5, 5.41) is 4.20. The highest BCUT2D eigenvalue weighted by Crippen LogP contribution is 2.28. The summed E-state index contributed by atoms with van der Waals surface area (Å²) >= 11 is 6.15. The topological polar surface area (TPSA) is 37.4 Å². The smallest absolute Gasteiger partial charge is 0.123 e. The minimum Gasteiger partial charge on any atom is -0.496 e. The van der Waals surface area contributed by atoms with E-state index >= 15 is 0 Å². The molecule has 0 spiro atoms. The third-order valence-electron chi connectivity index (χ3n) is 4.04. The molecule has 3 rings (SSSR count). The highest BCUT2D eigenvalue weighted by Gasteiger charge is 2.24. The molecule has 22 heavy (non-hydrogen) atoms. The fraction of sp³-hybridized carbons (Fsp3) is 0.353. The zero-order valence-electron chi connectivity index (χ0n) is 12.6. The molecule has 2 aromatic rings. The van der Waals surface area contributed by atoms with Crippen LogP contribution >= 0.6 is 11.6 Å². The fourth-order valence-electron chi connectivity index (χ4n) is 2.93. The molecule has 0 saturated carbocycles. The number of benzene rings is 1. The first kappa shape index (κ1) is 15.3. The average molecular weight is 318 g/mol. The number of nitrogens with one attached hydrogen (secondary N) is 1. The number of nitrogens with zero attached hydrogens (tertiary/aromatic N) is 2. The van der Waals surface area contributed by atoms with Crippen molar-refractivity contribution in [2.45, 2.75) is 12.6 Å². The maximum atomic E-state index is 6.15. The van der Waals surface area contributed by atoms with Gasteiger partial charge >= 0.3 is 0 Å². The molecule has 1 N–H and O–H groups in total. The van der Waals surface area contributed by atoms with Crippen LogP contribution in [0, 0.1) is 0 Å². The molecule has 1 aliphatic heterocycles. The van der Waals surface area contributed by atoms with Gasteiger partial charge in [-0.3, -0.25) is 9.88 Å². The summed E-state index contributed by atoms with van der Waals surface area (Å²) in [6, 6.07) is 10.2. The van der Waals surface area contributed by atoms with Crippen LogP contribution < -0.4 is 10.1 Å². The monoisotopic (exact) mass is 317 g/mol. The Bertz CT molecular complexity index is 621. The van der Waals surface area contributed by atoms with Crippen LogP contribution in [0.25, 0.3) is 0 Å². The van der Waals surface area contributed by atoms with Crippen molar-refractivity contribution in [1.29, 1.82) is 0 Å². The molecule has 1 aromatic carbocycles. The van der Waals surface area contributed by atoms with Gasteiger partial charge in [0.25, 0.3) is 0 Å². The largest absolute Gasteiger partial charge is 0.496 e. The Morgan fingerprint density at radius 1 is 1.41 bits per heavy atom. The lowest BCUT2D eigenvalue weighted by molar-refractivity contribution is 0.152. The second-order valence-electron chi connectivity index (χ2n) is 5.43. The highest BCUT2D eigenvalue weighted by molar-refractivity contribution is 6.30. The van der Waals surface area contributed by atoms with E-state index in [-0.39, 0.29) is 0 Å². The van der Waals surface area contributed by atoms with Crippen LogP contribution in [0.15, 0.2) is 42.7 Å². The molecule has 5 heteroatoms. The quantitative estimate of drug-likeness (QED) is 0.941. The van der Waals surface area contributed by atoms with Gasteiger partial charge in [-0.1, -0.05) is 17.7 Å². The van der Waals surface area contributed by atoms with E-state index in [4.69, 9.17) is 16.3 Å². The second kappa shape index (κ2) is 7.09. The molecule has 1 fully saturated rings. The van der Waals surface area contributed by atoms with Crippen molar-refractivity contribution in [1.82, 2.24) is 15.2 Å². The summed E-state index contributed by atoms with van der Waals surface area (Å²) in [5.74, 6) is 0.882. The van der Waals surface area contributed by atoms with Gasteiger partial charge in [0.15, 0.2) is 0 Å². The molecule has 116 valence electrons. The van der Waals surface area contributed by atoms with E-state index in [1.165, 1.54) is 5.56 Å². The molecule has 1 unspecified atom stereocenters. The Kier molecular flexibility index (Phi) is 4.93. The Morgan fingerprint density at radius 2 is 2.32 bits per heavy atom. The van der Waals surface area contributed by atoms with Crippen molar-refractivity contribution < 1.29 is 4.74 Å². The zero-order chi connectivity index (χ0) is 15.4. The third-order valence-corrected chi connectivity index (χ3v) is 4.27. The van der Waals surface area contributed by atoms with Crippen LogP contribution in [-0.2, 0) is 6.54 Å². The van der Waals surface area contributed by atoms with Crippen molar-refractivity contribution in [2.24, 2.45) is 0 Å². The molecule has 0 aliphatic carbocycles. The van der Waals surface area contributed by atoms with Crippen molar-refractivity contribution >= 4 is 11.6 Å². The number of pyridine rings is 1. The molecule has 1 saturated heterocycles. The normalized spacial score (nSPS) is 19.1. The number of ether oxygens (including phenoxy) is 1. The molecule has 1 aliphatic rings. The first-order valence-electron chi connectivity index (χ1n) is 7.45. The van der Waals surface area contributed by atoms with Crippen molar-refractivity contribution in [2.75, 3.05) is 26.7 Å². The van der Waals surface area contributed by atoms with E-state index in [1.54, 1.807) is 7.11 Å². The Labute approximate surface area is 136 Å². The number of halogens is 1. The lowest BCUT2D eigenvalue weighted by atomic mass is 10.0. The molecule has 0 amide bonds. The maximum absolute atomic E-state index is 6.15. The minimum atomic E-state index is 0.311. The Hall–Kier alpha value is -1.62. The standard InChI is InChI=1S/C17H20ClN3O/c1-22-17-5-4-15(18)9-14(17)12-21-8-7-20-11-16(21)13-3-2-6-19-10-13/h2-6,9-10,16,20H,7-8,11-12H2,1H3. The molecule has 2 heterocycles. The first-order valence-corrected chi connectivity index (χ1v) is 7.83. The van der Waals surface area contributed by atoms with E-state index in [2.05, 4.69) is 21.3 Å². The van der Waals surface area contributed by atoms with Gasteiger partial charge in [-0.15, -0.1) is 0 Å². The number of rotatable bonds is 4. The molecule has 0 radical (unpaired) electrons. The van der Waals surface area contributed by atoms with Gasteiger partial charge in [-0.2, -0.15) is 0 Å². The first-order chi connectivity index (χ1) is 10.8. The van der Waals surface area contributed by atoms with Gasteiger partial charge < -0.3 is 10.1 Å². The van der Waals surface area contributed by atoms with Gasteiger partial charge in [0, 0.05) is 55.2 Å². The van der Waals surface area contributed by atoms with Gasteiger partial charge in [-0.25, -0.2) is 0 Å². The fourth-order valence-corrected chi connectivity index (χ4v) is 3.12. The van der Waals surface area contributed by atoms with Crippen LogP contribution in [-0.4, -0.2) is 36.6 Å². The predicted molar refractivity (Wildman–Crippen MR) is 88.3 cm³/mol. The predicted octanol–water partition coefficient (Wildman–Crippen LogP) is 2.89. The SMILES string of the molecule is COc1ccc(Cl)cc1CN1CCNCC1c1cccnc1. The average Bonchev–Trinajstić information content (AvgIpc) is 2.56. The molecule has 4 nitrogen and oxygen atoms in total. The number of hydrogen-bond acceptors (Lipinski definition) is 4. The van der Waals surface area contributed by atoms with Gasteiger partial charge in [0.05, 0.1) is 7.11 Å². The summed E-state index contributed by atoms with van der Waals surface area (Å²) in [4.78, 5) is 6.70. The van der Waals surface area contributed by atoms with Gasteiger partial charge in [0.1, 0.15) is 5.75 Å². The molecule has 1 atom stereocenters. The van der Waals surface area contributed by atoms with Crippen molar-refractivity contribution in [3.05, 3.63) is 58.9 Å². The Morgan fingerprint density at radius 3 is 3.09 bits per heavy atom. The van der Waals surface area contributed by atoms with Gasteiger partial charge in [-0.05, 0) is 29.8 Å². The van der Waals surface area contributed by atoms with E-state index in [1.807, 2.05) is 36.7 Å². The van der Waals surface area contributed by atoms with Crippen LogP contribution in [0.3, 0.4) is 0 Å². The number of piperazine rings is 1. The van der Waals surface area contributed by atoms with E-state index < -0.39 is 0 Å². The minimum absolute atomic E-state index is 0.311. The number of hydrogen-bond donors (Lipinski definition) is 1. The molecular formula is C17H20ClN3O. The van der Waals surface area contributed by atoms with Gasteiger partial charge in [0.2, 0.25) is 0 Å². The summed E-state index contributed by atoms with van der Waals surface area (Å²) < 4.78 is 5.47. The van der Waals surface area contributed by atoms with Crippen LogP contribution in [0.4, 0.5) is 0 Å². The molecule has 0 bridgehead atoms. The molecule has 1 aromatic heterocycles. The van der Waals surface area contributed by atoms with Crippen LogP contribution in [0.1, 0.15) is 17.2 Å². The number of aromatic nitrogens is 1. The second-order valence-corrected chi connectivity index (χ2v) is 5.87. The van der Waals surface area contributed by atoms with E-state index in [0.717, 1.165) is 42.5 Å². The van der Waals surface area contributed by atoms with Crippen molar-refractivity contribution in [3.63, 3.8) is 0 Å². The Balaban J connectivity index is 1.84. The van der Waals surface area contributed by atoms with E-state index in [9.17, 15) is 0 Å². The molecular weight excluding hydrogens is 298 g/mol. The lowest BCUT2D eigenvalue weighted by Crippen LogP contribution is -2.45. The third kappa shape index (κ3) is 3.40. The van der Waals surface area contributed by atoms with Crippen LogP contribution in [0.5, 0.6) is 5.75 Å². The van der Waals surface area contributed by atoms with Crippen LogP contribution in [0.2, 0.25) is 5.02 Å². The van der Waals surface area contributed by atoms with Crippen molar-refractivity contribution in [3.8, 4) is 5.75 Å². The number of methoxy groups -OCH3 is 1.